The van der Waals surface area contributed by atoms with Gasteiger partial charge in [0.1, 0.15) is 17.1 Å². The number of furan rings is 1. The zero-order valence-corrected chi connectivity index (χ0v) is 13.5. The summed E-state index contributed by atoms with van der Waals surface area (Å²) in [7, 11) is 0. The van der Waals surface area contributed by atoms with Gasteiger partial charge in [-0.3, -0.25) is 4.79 Å². The molecule has 0 bridgehead atoms. The molecule has 0 radical (unpaired) electrons. The SMILES string of the molecule is Cc1cc(C(=O)O[C@H](C)C(=O)c2ccc(C)c(C)c2)c(C)o1. The second kappa shape index (κ2) is 6.18. The van der Waals surface area contributed by atoms with Crippen molar-refractivity contribution in [1.82, 2.24) is 0 Å². The summed E-state index contributed by atoms with van der Waals surface area (Å²) in [6.45, 7) is 8.96. The second-order valence-electron chi connectivity index (χ2n) is 5.54. The summed E-state index contributed by atoms with van der Waals surface area (Å²) in [5.74, 6) is 0.374. The third-order valence-corrected chi connectivity index (χ3v) is 3.71. The molecule has 0 N–H and O–H groups in total. The molecule has 1 aromatic carbocycles. The number of hydrogen-bond acceptors (Lipinski definition) is 4. The van der Waals surface area contributed by atoms with E-state index in [4.69, 9.17) is 9.15 Å². The van der Waals surface area contributed by atoms with Crippen molar-refractivity contribution < 1.29 is 18.7 Å². The van der Waals surface area contributed by atoms with Gasteiger partial charge in [0.25, 0.3) is 0 Å². The molecule has 1 aromatic heterocycles. The molecular weight excluding hydrogens is 280 g/mol. The summed E-state index contributed by atoms with van der Waals surface area (Å²) >= 11 is 0. The number of aryl methyl sites for hydroxylation is 4. The molecule has 0 aliphatic heterocycles. The largest absolute Gasteiger partial charge is 0.466 e. The summed E-state index contributed by atoms with van der Waals surface area (Å²) in [5.41, 5.74) is 3.05. The summed E-state index contributed by atoms with van der Waals surface area (Å²) in [5, 5.41) is 0. The third kappa shape index (κ3) is 3.27. The first-order valence-corrected chi connectivity index (χ1v) is 7.19. The highest BCUT2D eigenvalue weighted by Crippen LogP contribution is 2.17. The smallest absolute Gasteiger partial charge is 0.342 e. The van der Waals surface area contributed by atoms with Crippen LogP contribution in [0, 0.1) is 27.7 Å². The van der Waals surface area contributed by atoms with E-state index in [2.05, 4.69) is 0 Å². The molecule has 1 atom stereocenters. The van der Waals surface area contributed by atoms with Crippen LogP contribution in [0.5, 0.6) is 0 Å². The fourth-order valence-electron chi connectivity index (χ4n) is 2.24. The lowest BCUT2D eigenvalue weighted by molar-refractivity contribution is 0.0317. The van der Waals surface area contributed by atoms with Gasteiger partial charge >= 0.3 is 5.97 Å². The highest BCUT2D eigenvalue weighted by Gasteiger charge is 2.23. The van der Waals surface area contributed by atoms with Gasteiger partial charge in [0.05, 0.1) is 0 Å². The molecule has 0 saturated carbocycles. The highest BCUT2D eigenvalue weighted by molar-refractivity contribution is 6.01. The Morgan fingerprint density at radius 2 is 1.73 bits per heavy atom. The average molecular weight is 300 g/mol. The molecule has 0 aliphatic carbocycles. The Labute approximate surface area is 130 Å². The molecule has 0 unspecified atom stereocenters. The molecule has 22 heavy (non-hydrogen) atoms. The van der Waals surface area contributed by atoms with Gasteiger partial charge < -0.3 is 9.15 Å². The number of esters is 1. The summed E-state index contributed by atoms with van der Waals surface area (Å²) in [4.78, 5) is 24.5. The van der Waals surface area contributed by atoms with Crippen molar-refractivity contribution in [2.24, 2.45) is 0 Å². The maximum absolute atomic E-state index is 12.4. The average Bonchev–Trinajstić information content (AvgIpc) is 2.80. The van der Waals surface area contributed by atoms with E-state index in [1.807, 2.05) is 26.0 Å². The Bertz CT molecular complexity index is 725. The van der Waals surface area contributed by atoms with Crippen LogP contribution in [0.25, 0.3) is 0 Å². The van der Waals surface area contributed by atoms with Crippen molar-refractivity contribution in [1.29, 1.82) is 0 Å². The van der Waals surface area contributed by atoms with Crippen molar-refractivity contribution >= 4 is 11.8 Å². The minimum Gasteiger partial charge on any atom is -0.466 e. The van der Waals surface area contributed by atoms with Gasteiger partial charge in [-0.15, -0.1) is 0 Å². The Kier molecular flexibility index (Phi) is 4.50. The lowest BCUT2D eigenvalue weighted by atomic mass is 10.0. The third-order valence-electron chi connectivity index (χ3n) is 3.71. The van der Waals surface area contributed by atoms with Crippen LogP contribution in [0.4, 0.5) is 0 Å². The van der Waals surface area contributed by atoms with Crippen molar-refractivity contribution in [3.05, 3.63) is 58.0 Å². The molecule has 4 nitrogen and oxygen atoms in total. The molecule has 0 saturated heterocycles. The van der Waals surface area contributed by atoms with Gasteiger partial charge in [-0.2, -0.15) is 0 Å². The molecule has 2 rings (SSSR count). The number of carbonyl (C=O) groups excluding carboxylic acids is 2. The molecule has 0 spiro atoms. The molecule has 0 fully saturated rings. The maximum Gasteiger partial charge on any atom is 0.342 e. The Balaban J connectivity index is 2.12. The molecule has 4 heteroatoms. The first-order valence-electron chi connectivity index (χ1n) is 7.19. The molecular formula is C18H20O4. The van der Waals surface area contributed by atoms with Crippen LogP contribution in [0.3, 0.4) is 0 Å². The first-order chi connectivity index (χ1) is 10.3. The minimum atomic E-state index is -0.843. The number of rotatable bonds is 4. The summed E-state index contributed by atoms with van der Waals surface area (Å²) in [6.07, 6.45) is -0.843. The molecule has 0 amide bonds. The van der Waals surface area contributed by atoms with E-state index in [-0.39, 0.29) is 5.78 Å². The van der Waals surface area contributed by atoms with Gasteiger partial charge in [0.2, 0.25) is 5.78 Å². The highest BCUT2D eigenvalue weighted by atomic mass is 16.5. The number of hydrogen-bond donors (Lipinski definition) is 0. The van der Waals surface area contributed by atoms with Crippen LogP contribution in [0.1, 0.15) is 50.3 Å². The zero-order valence-electron chi connectivity index (χ0n) is 13.5. The lowest BCUT2D eigenvalue weighted by Crippen LogP contribution is -2.24. The molecule has 0 aliphatic rings. The number of carbonyl (C=O) groups is 2. The van der Waals surface area contributed by atoms with Crippen molar-refractivity contribution in [2.75, 3.05) is 0 Å². The van der Waals surface area contributed by atoms with E-state index in [1.54, 1.807) is 32.9 Å². The van der Waals surface area contributed by atoms with E-state index in [0.29, 0.717) is 22.6 Å². The number of Topliss-reactive ketones (excluding diaryl/α,β-unsaturated/α-hetero) is 1. The number of benzene rings is 1. The van der Waals surface area contributed by atoms with Crippen molar-refractivity contribution in [3.8, 4) is 0 Å². The molecule has 2 aromatic rings. The Hall–Kier alpha value is -2.36. The molecule has 116 valence electrons. The lowest BCUT2D eigenvalue weighted by Gasteiger charge is -2.13. The van der Waals surface area contributed by atoms with Crippen LogP contribution >= 0.6 is 0 Å². The van der Waals surface area contributed by atoms with E-state index in [9.17, 15) is 9.59 Å². The van der Waals surface area contributed by atoms with Crippen LogP contribution in [-0.2, 0) is 4.74 Å². The fourth-order valence-corrected chi connectivity index (χ4v) is 2.24. The fraction of sp³-hybridized carbons (Fsp3) is 0.333. The van der Waals surface area contributed by atoms with Crippen molar-refractivity contribution in [3.63, 3.8) is 0 Å². The monoisotopic (exact) mass is 300 g/mol. The van der Waals surface area contributed by atoms with Gasteiger partial charge in [0, 0.05) is 5.56 Å². The minimum absolute atomic E-state index is 0.214. The second-order valence-corrected chi connectivity index (χ2v) is 5.54. The van der Waals surface area contributed by atoms with Gasteiger partial charge in [-0.05, 0) is 57.9 Å². The number of ether oxygens (including phenoxy) is 1. The van der Waals surface area contributed by atoms with E-state index in [1.165, 1.54) is 0 Å². The van der Waals surface area contributed by atoms with Crippen LogP contribution < -0.4 is 0 Å². The normalized spacial score (nSPS) is 12.0. The van der Waals surface area contributed by atoms with Crippen molar-refractivity contribution in [2.45, 2.75) is 40.7 Å². The predicted octanol–water partition coefficient (Wildman–Crippen LogP) is 3.94. The van der Waals surface area contributed by atoms with Gasteiger partial charge in [-0.1, -0.05) is 12.1 Å². The van der Waals surface area contributed by atoms with E-state index < -0.39 is 12.1 Å². The van der Waals surface area contributed by atoms with E-state index >= 15 is 0 Å². The molecule has 1 heterocycles. The van der Waals surface area contributed by atoms with Gasteiger partial charge in [0.15, 0.2) is 6.10 Å². The van der Waals surface area contributed by atoms with Crippen LogP contribution in [0.15, 0.2) is 28.7 Å². The topological polar surface area (TPSA) is 56.5 Å². The Morgan fingerprint density at radius 3 is 2.27 bits per heavy atom. The van der Waals surface area contributed by atoms with Crippen LogP contribution in [0.2, 0.25) is 0 Å². The van der Waals surface area contributed by atoms with Crippen LogP contribution in [-0.4, -0.2) is 17.9 Å². The van der Waals surface area contributed by atoms with Gasteiger partial charge in [-0.25, -0.2) is 4.79 Å². The zero-order chi connectivity index (χ0) is 16.4. The standard InChI is InChI=1S/C18H20O4/c1-10-6-7-15(8-11(10)2)17(19)14(5)22-18(20)16-9-12(3)21-13(16)4/h6-9,14H,1-5H3/t14-/m1/s1. The first kappa shape index (κ1) is 16.0. The predicted molar refractivity (Wildman–Crippen MR) is 83.3 cm³/mol. The Morgan fingerprint density at radius 1 is 1.05 bits per heavy atom. The quantitative estimate of drug-likeness (QED) is 0.634. The summed E-state index contributed by atoms with van der Waals surface area (Å²) in [6, 6.07) is 7.07. The van der Waals surface area contributed by atoms with E-state index in [0.717, 1.165) is 11.1 Å². The summed E-state index contributed by atoms with van der Waals surface area (Å²) < 4.78 is 10.6. The number of ketones is 1. The maximum atomic E-state index is 12.4.